The van der Waals surface area contributed by atoms with Crippen LogP contribution in [0.4, 0.5) is 0 Å². The molecule has 0 amide bonds. The van der Waals surface area contributed by atoms with Crippen molar-refractivity contribution >= 4 is 36.4 Å². The van der Waals surface area contributed by atoms with Gasteiger partial charge in [-0.25, -0.2) is 0 Å². The van der Waals surface area contributed by atoms with Gasteiger partial charge in [0.25, 0.3) is 0 Å². The van der Waals surface area contributed by atoms with Crippen molar-refractivity contribution in [1.82, 2.24) is 10.6 Å². The molecule has 0 unspecified atom stereocenters. The summed E-state index contributed by atoms with van der Waals surface area (Å²) >= 11 is 6.20. The summed E-state index contributed by atoms with van der Waals surface area (Å²) < 4.78 is 10.8. The van der Waals surface area contributed by atoms with Crippen molar-refractivity contribution in [3.05, 3.63) is 22.7 Å². The predicted octanol–water partition coefficient (Wildman–Crippen LogP) is 2.26. The summed E-state index contributed by atoms with van der Waals surface area (Å²) in [4.78, 5) is 0. The third-order valence-electron chi connectivity index (χ3n) is 2.67. The first-order valence-corrected chi connectivity index (χ1v) is 7.12. The lowest BCUT2D eigenvalue weighted by Gasteiger charge is -2.13. The number of methoxy groups -OCH3 is 1. The lowest BCUT2D eigenvalue weighted by atomic mass is 10.2. The summed E-state index contributed by atoms with van der Waals surface area (Å²) in [5.74, 6) is 1.24. The lowest BCUT2D eigenvalue weighted by Crippen LogP contribution is -2.28. The average molecular weight is 376 g/mol. The van der Waals surface area contributed by atoms with Gasteiger partial charge in [-0.15, -0.1) is 24.8 Å². The standard InChI is InChI=1S/C14H23ClN2O3.2ClH/c1-3-20-14-12(15)8-11(9-13(14)19-2)10-17-5-4-16-6-7-18;;/h8-9,16-18H,3-7,10H2,1-2H3;2*1H. The summed E-state index contributed by atoms with van der Waals surface area (Å²) in [6, 6.07) is 3.80. The summed E-state index contributed by atoms with van der Waals surface area (Å²) in [5, 5.41) is 15.6. The second-order valence-electron chi connectivity index (χ2n) is 4.19. The quantitative estimate of drug-likeness (QED) is 0.548. The van der Waals surface area contributed by atoms with Crippen LogP contribution in [-0.2, 0) is 6.54 Å². The maximum absolute atomic E-state index is 8.64. The largest absolute Gasteiger partial charge is 0.493 e. The summed E-state index contributed by atoms with van der Waals surface area (Å²) in [5.41, 5.74) is 1.04. The zero-order valence-electron chi connectivity index (χ0n) is 12.9. The van der Waals surface area contributed by atoms with Crippen LogP contribution in [-0.4, -0.2) is 45.1 Å². The Hall–Kier alpha value is -0.430. The van der Waals surface area contributed by atoms with E-state index in [2.05, 4.69) is 10.6 Å². The van der Waals surface area contributed by atoms with E-state index in [0.29, 0.717) is 36.2 Å². The van der Waals surface area contributed by atoms with Gasteiger partial charge in [0.05, 0.1) is 25.3 Å². The third kappa shape index (κ3) is 8.27. The maximum atomic E-state index is 8.64. The van der Waals surface area contributed by atoms with Crippen molar-refractivity contribution in [2.45, 2.75) is 13.5 Å². The van der Waals surface area contributed by atoms with Crippen molar-refractivity contribution in [1.29, 1.82) is 0 Å². The maximum Gasteiger partial charge on any atom is 0.179 e. The van der Waals surface area contributed by atoms with Crippen LogP contribution in [0, 0.1) is 0 Å². The zero-order valence-corrected chi connectivity index (χ0v) is 15.2. The first-order chi connectivity index (χ1) is 9.72. The van der Waals surface area contributed by atoms with Crippen LogP contribution in [0.3, 0.4) is 0 Å². The van der Waals surface area contributed by atoms with E-state index < -0.39 is 0 Å². The molecule has 5 nitrogen and oxygen atoms in total. The molecule has 3 N–H and O–H groups in total. The predicted molar refractivity (Wildman–Crippen MR) is 95.3 cm³/mol. The monoisotopic (exact) mass is 374 g/mol. The molecule has 1 rings (SSSR count). The minimum atomic E-state index is 0. The molecular formula is C14H25Cl3N2O3. The van der Waals surface area contributed by atoms with Crippen LogP contribution in [0.2, 0.25) is 5.02 Å². The van der Waals surface area contributed by atoms with Crippen molar-refractivity contribution in [2.75, 3.05) is 40.0 Å². The molecule has 0 atom stereocenters. The molecule has 0 spiro atoms. The number of rotatable bonds is 10. The molecule has 8 heteroatoms. The van der Waals surface area contributed by atoms with Crippen molar-refractivity contribution in [2.24, 2.45) is 0 Å². The normalized spacial score (nSPS) is 9.64. The Kier molecular flexibility index (Phi) is 15.4. The van der Waals surface area contributed by atoms with Gasteiger partial charge < -0.3 is 25.2 Å². The van der Waals surface area contributed by atoms with Gasteiger partial charge in [0.1, 0.15) is 0 Å². The van der Waals surface area contributed by atoms with Crippen LogP contribution in [0.15, 0.2) is 12.1 Å². The molecule has 0 fully saturated rings. The molecule has 0 aliphatic carbocycles. The Bertz CT molecular complexity index is 409. The summed E-state index contributed by atoms with van der Waals surface area (Å²) in [6.07, 6.45) is 0. The number of hydrogen-bond acceptors (Lipinski definition) is 5. The average Bonchev–Trinajstić information content (AvgIpc) is 2.45. The molecule has 0 radical (unpaired) electrons. The SMILES string of the molecule is CCOc1c(Cl)cc(CNCCNCCO)cc1OC.Cl.Cl. The highest BCUT2D eigenvalue weighted by molar-refractivity contribution is 6.32. The Morgan fingerprint density at radius 2 is 1.82 bits per heavy atom. The molecule has 130 valence electrons. The fraction of sp³-hybridized carbons (Fsp3) is 0.571. The van der Waals surface area contributed by atoms with Crippen molar-refractivity contribution in [3.8, 4) is 11.5 Å². The van der Waals surface area contributed by atoms with Crippen LogP contribution in [0.25, 0.3) is 0 Å². The smallest absolute Gasteiger partial charge is 0.179 e. The Morgan fingerprint density at radius 1 is 1.14 bits per heavy atom. The second kappa shape index (κ2) is 14.2. The van der Waals surface area contributed by atoms with Gasteiger partial charge in [-0.3, -0.25) is 0 Å². The number of hydrogen-bond donors (Lipinski definition) is 3. The van der Waals surface area contributed by atoms with E-state index in [9.17, 15) is 0 Å². The number of nitrogens with one attached hydrogen (secondary N) is 2. The molecule has 1 aromatic rings. The van der Waals surface area contributed by atoms with E-state index in [1.807, 2.05) is 19.1 Å². The van der Waals surface area contributed by atoms with Gasteiger partial charge in [-0.05, 0) is 24.6 Å². The van der Waals surface area contributed by atoms with Crippen LogP contribution < -0.4 is 20.1 Å². The molecule has 0 saturated heterocycles. The third-order valence-corrected chi connectivity index (χ3v) is 2.95. The van der Waals surface area contributed by atoms with Crippen LogP contribution in [0.5, 0.6) is 11.5 Å². The number of ether oxygens (including phenoxy) is 2. The summed E-state index contributed by atoms with van der Waals surface area (Å²) in [6.45, 7) is 5.55. The highest BCUT2D eigenvalue weighted by atomic mass is 35.5. The highest BCUT2D eigenvalue weighted by Crippen LogP contribution is 2.36. The van der Waals surface area contributed by atoms with E-state index in [1.54, 1.807) is 7.11 Å². The van der Waals surface area contributed by atoms with Gasteiger partial charge in [0.2, 0.25) is 0 Å². The Labute approximate surface area is 149 Å². The zero-order chi connectivity index (χ0) is 14.8. The molecule has 1 aromatic carbocycles. The minimum Gasteiger partial charge on any atom is -0.493 e. The molecule has 0 heterocycles. The first-order valence-electron chi connectivity index (χ1n) is 6.74. The molecule has 0 aliphatic heterocycles. The molecule has 0 saturated carbocycles. The number of halogens is 3. The van der Waals surface area contributed by atoms with Crippen molar-refractivity contribution < 1.29 is 14.6 Å². The molecule has 0 bridgehead atoms. The van der Waals surface area contributed by atoms with E-state index in [4.69, 9.17) is 26.2 Å². The minimum absolute atomic E-state index is 0. The van der Waals surface area contributed by atoms with Gasteiger partial charge >= 0.3 is 0 Å². The Morgan fingerprint density at radius 3 is 2.41 bits per heavy atom. The molecule has 0 aliphatic rings. The van der Waals surface area contributed by atoms with Gasteiger partial charge in [0.15, 0.2) is 11.5 Å². The molecule has 0 aromatic heterocycles. The summed E-state index contributed by atoms with van der Waals surface area (Å²) in [7, 11) is 1.60. The Balaban J connectivity index is 0. The van der Waals surface area contributed by atoms with E-state index in [0.717, 1.165) is 18.7 Å². The van der Waals surface area contributed by atoms with Gasteiger partial charge in [-0.1, -0.05) is 11.6 Å². The highest BCUT2D eigenvalue weighted by Gasteiger charge is 2.11. The molecule has 22 heavy (non-hydrogen) atoms. The topological polar surface area (TPSA) is 62.8 Å². The van der Waals surface area contributed by atoms with Crippen LogP contribution in [0.1, 0.15) is 12.5 Å². The first kappa shape index (κ1) is 23.8. The van der Waals surface area contributed by atoms with Crippen molar-refractivity contribution in [3.63, 3.8) is 0 Å². The lowest BCUT2D eigenvalue weighted by molar-refractivity contribution is 0.292. The van der Waals surface area contributed by atoms with Gasteiger partial charge in [-0.2, -0.15) is 0 Å². The number of aliphatic hydroxyl groups excluding tert-OH is 1. The van der Waals surface area contributed by atoms with Crippen LogP contribution >= 0.6 is 36.4 Å². The molecular weight excluding hydrogens is 351 g/mol. The van der Waals surface area contributed by atoms with E-state index >= 15 is 0 Å². The second-order valence-corrected chi connectivity index (χ2v) is 4.60. The van der Waals surface area contributed by atoms with E-state index in [-0.39, 0.29) is 31.4 Å². The fourth-order valence-electron chi connectivity index (χ4n) is 1.77. The van der Waals surface area contributed by atoms with E-state index in [1.165, 1.54) is 0 Å². The fourth-order valence-corrected chi connectivity index (χ4v) is 2.06. The van der Waals surface area contributed by atoms with Gasteiger partial charge in [0, 0.05) is 26.2 Å². The number of benzene rings is 1. The number of aliphatic hydroxyl groups is 1.